The Morgan fingerprint density at radius 3 is 2.61 bits per heavy atom. The van der Waals surface area contributed by atoms with Gasteiger partial charge in [0, 0.05) is 23.6 Å². The Morgan fingerprint density at radius 2 is 1.89 bits per heavy atom. The summed E-state index contributed by atoms with van der Waals surface area (Å²) in [5.41, 5.74) is 1.37. The van der Waals surface area contributed by atoms with Gasteiger partial charge in [-0.25, -0.2) is 17.9 Å². The first-order chi connectivity index (χ1) is 13.4. The second-order valence-electron chi connectivity index (χ2n) is 6.89. The highest BCUT2D eigenvalue weighted by Gasteiger charge is 2.50. The van der Waals surface area contributed by atoms with Crippen LogP contribution in [0.1, 0.15) is 23.5 Å². The quantitative estimate of drug-likeness (QED) is 0.658. The van der Waals surface area contributed by atoms with Gasteiger partial charge in [-0.05, 0) is 18.2 Å². The van der Waals surface area contributed by atoms with Crippen molar-refractivity contribution in [3.05, 3.63) is 65.7 Å². The van der Waals surface area contributed by atoms with E-state index in [1.165, 1.54) is 18.2 Å². The Hall–Kier alpha value is -2.68. The molecule has 1 aliphatic heterocycles. The molecule has 28 heavy (non-hydrogen) atoms. The van der Waals surface area contributed by atoms with E-state index >= 15 is 0 Å². The van der Waals surface area contributed by atoms with Gasteiger partial charge < -0.3 is 14.9 Å². The van der Waals surface area contributed by atoms with Gasteiger partial charge in [0.15, 0.2) is 0 Å². The lowest BCUT2D eigenvalue weighted by Crippen LogP contribution is -2.41. The molecular weight excluding hydrogens is 382 g/mol. The van der Waals surface area contributed by atoms with Gasteiger partial charge in [-0.15, -0.1) is 0 Å². The molecule has 146 valence electrons. The molecule has 1 aliphatic carbocycles. The molecule has 2 aromatic carbocycles. The van der Waals surface area contributed by atoms with Crippen LogP contribution in [0.15, 0.2) is 59.5 Å². The Bertz CT molecular complexity index is 1030. The average molecular weight is 401 g/mol. The standard InChI is InChI=1S/C20H19NO6S/c22-17(23)10-9-12-5-4-8-14-18-16(27-20(12)14)11-15(19(18)24)21-28(25,26)13-6-2-1-3-7-13/h1-10,15-16,18-19,21,24H,11H2,(H,22,23)/b10-9+. The number of fused-ring (bicyclic) bond motifs is 3. The van der Waals surface area contributed by atoms with Crippen molar-refractivity contribution in [3.8, 4) is 5.75 Å². The van der Waals surface area contributed by atoms with Crippen molar-refractivity contribution < 1.29 is 28.2 Å². The third kappa shape index (κ3) is 3.30. The number of aliphatic hydroxyl groups excluding tert-OH is 1. The summed E-state index contributed by atoms with van der Waals surface area (Å²) in [6.45, 7) is 0. The van der Waals surface area contributed by atoms with Crippen molar-refractivity contribution >= 4 is 22.1 Å². The number of sulfonamides is 1. The van der Waals surface area contributed by atoms with Crippen LogP contribution in [-0.4, -0.2) is 42.8 Å². The molecule has 2 aromatic rings. The van der Waals surface area contributed by atoms with Crippen LogP contribution in [0.2, 0.25) is 0 Å². The number of carboxylic acid groups (broad SMARTS) is 1. The fraction of sp³-hybridized carbons (Fsp3) is 0.250. The van der Waals surface area contributed by atoms with E-state index < -0.39 is 28.1 Å². The van der Waals surface area contributed by atoms with E-state index in [4.69, 9.17) is 9.84 Å². The van der Waals surface area contributed by atoms with Crippen LogP contribution < -0.4 is 9.46 Å². The van der Waals surface area contributed by atoms with E-state index in [1.54, 1.807) is 30.3 Å². The minimum Gasteiger partial charge on any atom is -0.489 e. The van der Waals surface area contributed by atoms with Crippen LogP contribution >= 0.6 is 0 Å². The molecule has 1 saturated carbocycles. The zero-order valence-electron chi connectivity index (χ0n) is 14.7. The number of benzene rings is 2. The molecule has 4 atom stereocenters. The van der Waals surface area contributed by atoms with E-state index in [2.05, 4.69) is 4.72 Å². The first-order valence-corrected chi connectivity index (χ1v) is 10.3. The highest BCUT2D eigenvalue weighted by molar-refractivity contribution is 7.89. The zero-order valence-corrected chi connectivity index (χ0v) is 15.5. The number of aliphatic hydroxyl groups is 1. The number of carbonyl (C=O) groups is 1. The van der Waals surface area contributed by atoms with Gasteiger partial charge in [0.2, 0.25) is 10.0 Å². The predicted molar refractivity (Wildman–Crippen MR) is 101 cm³/mol. The largest absolute Gasteiger partial charge is 0.489 e. The van der Waals surface area contributed by atoms with E-state index in [1.807, 2.05) is 6.07 Å². The molecule has 0 aromatic heterocycles. The molecule has 2 aliphatic rings. The van der Waals surface area contributed by atoms with Crippen molar-refractivity contribution in [2.24, 2.45) is 0 Å². The van der Waals surface area contributed by atoms with Crippen molar-refractivity contribution in [2.45, 2.75) is 35.5 Å². The Morgan fingerprint density at radius 1 is 1.14 bits per heavy atom. The lowest BCUT2D eigenvalue weighted by Gasteiger charge is -2.20. The normalized spacial score (nSPS) is 26.0. The van der Waals surface area contributed by atoms with Crippen LogP contribution in [0.3, 0.4) is 0 Å². The maximum Gasteiger partial charge on any atom is 0.328 e. The van der Waals surface area contributed by atoms with E-state index in [-0.39, 0.29) is 16.9 Å². The summed E-state index contributed by atoms with van der Waals surface area (Å²) in [5.74, 6) is -0.902. The first-order valence-electron chi connectivity index (χ1n) is 8.83. The van der Waals surface area contributed by atoms with Crippen LogP contribution in [0.4, 0.5) is 0 Å². The van der Waals surface area contributed by atoms with Gasteiger partial charge in [0.05, 0.1) is 23.0 Å². The smallest absolute Gasteiger partial charge is 0.328 e. The maximum absolute atomic E-state index is 12.6. The highest BCUT2D eigenvalue weighted by atomic mass is 32.2. The van der Waals surface area contributed by atoms with Crippen molar-refractivity contribution in [1.29, 1.82) is 0 Å². The highest BCUT2D eigenvalue weighted by Crippen LogP contribution is 2.49. The second kappa shape index (κ2) is 7.05. The fourth-order valence-electron chi connectivity index (χ4n) is 3.91. The van der Waals surface area contributed by atoms with Gasteiger partial charge in [-0.1, -0.05) is 36.4 Å². The minimum atomic E-state index is -3.75. The lowest BCUT2D eigenvalue weighted by atomic mass is 9.94. The van der Waals surface area contributed by atoms with Crippen molar-refractivity contribution in [1.82, 2.24) is 4.72 Å². The summed E-state index contributed by atoms with van der Waals surface area (Å²) in [4.78, 5) is 10.9. The number of hydrogen-bond acceptors (Lipinski definition) is 5. The number of ether oxygens (including phenoxy) is 1. The molecule has 1 heterocycles. The average Bonchev–Trinajstić information content (AvgIpc) is 3.17. The maximum atomic E-state index is 12.6. The number of aliphatic carboxylic acids is 1. The molecule has 0 saturated heterocycles. The summed E-state index contributed by atoms with van der Waals surface area (Å²) in [5, 5.41) is 19.6. The summed E-state index contributed by atoms with van der Waals surface area (Å²) in [6.07, 6.45) is 1.45. The van der Waals surface area contributed by atoms with Gasteiger partial charge in [0.1, 0.15) is 11.9 Å². The minimum absolute atomic E-state index is 0.140. The van der Waals surface area contributed by atoms with Crippen LogP contribution in [0.25, 0.3) is 6.08 Å². The molecule has 8 heteroatoms. The Labute approximate surface area is 162 Å². The summed E-state index contributed by atoms with van der Waals surface area (Å²) in [7, 11) is -3.75. The molecule has 3 N–H and O–H groups in total. The van der Waals surface area contributed by atoms with Gasteiger partial charge in [-0.2, -0.15) is 0 Å². The predicted octanol–water partition coefficient (Wildman–Crippen LogP) is 1.74. The number of nitrogens with one attached hydrogen (secondary N) is 1. The van der Waals surface area contributed by atoms with Crippen LogP contribution in [-0.2, 0) is 14.8 Å². The summed E-state index contributed by atoms with van der Waals surface area (Å²) < 4.78 is 33.7. The number of para-hydroxylation sites is 1. The molecule has 0 bridgehead atoms. The van der Waals surface area contributed by atoms with Crippen molar-refractivity contribution in [2.75, 3.05) is 0 Å². The van der Waals surface area contributed by atoms with Crippen LogP contribution in [0.5, 0.6) is 5.75 Å². The molecule has 0 spiro atoms. The van der Waals surface area contributed by atoms with Gasteiger partial charge >= 0.3 is 5.97 Å². The fourth-order valence-corrected chi connectivity index (χ4v) is 5.20. The topological polar surface area (TPSA) is 113 Å². The zero-order chi connectivity index (χ0) is 19.9. The summed E-state index contributed by atoms with van der Waals surface area (Å²) in [6, 6.07) is 12.6. The Kier molecular flexibility index (Phi) is 4.70. The molecule has 1 fully saturated rings. The molecule has 0 radical (unpaired) electrons. The van der Waals surface area contributed by atoms with E-state index in [0.717, 1.165) is 11.6 Å². The van der Waals surface area contributed by atoms with Gasteiger partial charge in [-0.3, -0.25) is 0 Å². The monoisotopic (exact) mass is 401 g/mol. The number of rotatable bonds is 5. The Balaban J connectivity index is 1.58. The lowest BCUT2D eigenvalue weighted by molar-refractivity contribution is -0.131. The first kappa shape index (κ1) is 18.7. The third-order valence-corrected chi connectivity index (χ3v) is 6.64. The molecule has 4 rings (SSSR count). The van der Waals surface area contributed by atoms with E-state index in [9.17, 15) is 18.3 Å². The summed E-state index contributed by atoms with van der Waals surface area (Å²) >= 11 is 0. The number of carboxylic acids is 1. The molecule has 0 amide bonds. The third-order valence-electron chi connectivity index (χ3n) is 5.14. The molecule has 4 unspecified atom stereocenters. The van der Waals surface area contributed by atoms with Crippen LogP contribution in [0, 0.1) is 0 Å². The number of hydrogen-bond donors (Lipinski definition) is 3. The SMILES string of the molecule is O=C(O)/C=C/c1cccc2c1OC1CC(NS(=O)(=O)c3ccccc3)C(O)C21. The molecular formula is C20H19NO6S. The van der Waals surface area contributed by atoms with Gasteiger partial charge in [0.25, 0.3) is 0 Å². The molecule has 7 nitrogen and oxygen atoms in total. The second-order valence-corrected chi connectivity index (χ2v) is 8.60. The van der Waals surface area contributed by atoms with E-state index in [0.29, 0.717) is 17.7 Å². The van der Waals surface area contributed by atoms with Crippen molar-refractivity contribution in [3.63, 3.8) is 0 Å².